The highest BCUT2D eigenvalue weighted by Crippen LogP contribution is 2.30. The molecular formula is C16H22N2O. The second-order valence-corrected chi connectivity index (χ2v) is 5.74. The standard InChI is InChI=1S/C16H22N2O/c19-16-9-8-14(11-18-16)17-10-13-6-3-5-12-4-1-2-7-15(12)13/h1-2,4,7,13-14,17H,3,5-6,8-11H2,(H,18,19). The summed E-state index contributed by atoms with van der Waals surface area (Å²) >= 11 is 0. The Bertz CT molecular complexity index is 448. The van der Waals surface area contributed by atoms with Crippen LogP contribution in [0.3, 0.4) is 0 Å². The van der Waals surface area contributed by atoms with Crippen molar-refractivity contribution in [1.29, 1.82) is 0 Å². The van der Waals surface area contributed by atoms with Crippen molar-refractivity contribution in [2.75, 3.05) is 13.1 Å². The molecule has 0 bridgehead atoms. The molecule has 1 aromatic carbocycles. The van der Waals surface area contributed by atoms with Gasteiger partial charge >= 0.3 is 0 Å². The number of rotatable bonds is 3. The fourth-order valence-corrected chi connectivity index (χ4v) is 3.28. The molecule has 2 aliphatic rings. The van der Waals surface area contributed by atoms with Crippen LogP contribution in [0.25, 0.3) is 0 Å². The van der Waals surface area contributed by atoms with Crippen LogP contribution in [-0.4, -0.2) is 25.0 Å². The number of carbonyl (C=O) groups is 1. The van der Waals surface area contributed by atoms with Crippen LogP contribution in [0.4, 0.5) is 0 Å². The van der Waals surface area contributed by atoms with Crippen molar-refractivity contribution in [1.82, 2.24) is 10.6 Å². The van der Waals surface area contributed by atoms with E-state index in [0.29, 0.717) is 18.4 Å². The molecule has 0 saturated carbocycles. The Labute approximate surface area is 114 Å². The predicted molar refractivity (Wildman–Crippen MR) is 76.2 cm³/mol. The third kappa shape index (κ3) is 2.98. The molecule has 1 aromatic rings. The Kier molecular flexibility index (Phi) is 3.83. The molecule has 0 spiro atoms. The van der Waals surface area contributed by atoms with Crippen molar-refractivity contribution in [3.8, 4) is 0 Å². The molecule has 2 N–H and O–H groups in total. The summed E-state index contributed by atoms with van der Waals surface area (Å²) in [6.07, 6.45) is 5.44. The Morgan fingerprint density at radius 1 is 1.21 bits per heavy atom. The van der Waals surface area contributed by atoms with Gasteiger partial charge in [-0.25, -0.2) is 0 Å². The van der Waals surface area contributed by atoms with Crippen LogP contribution >= 0.6 is 0 Å². The lowest BCUT2D eigenvalue weighted by Crippen LogP contribution is -2.46. The number of benzene rings is 1. The number of hydrogen-bond donors (Lipinski definition) is 2. The first-order valence-corrected chi connectivity index (χ1v) is 7.41. The molecule has 2 unspecified atom stereocenters. The monoisotopic (exact) mass is 258 g/mol. The van der Waals surface area contributed by atoms with Crippen LogP contribution < -0.4 is 10.6 Å². The van der Waals surface area contributed by atoms with Gasteiger partial charge in [0.25, 0.3) is 0 Å². The summed E-state index contributed by atoms with van der Waals surface area (Å²) < 4.78 is 0. The molecule has 3 heteroatoms. The van der Waals surface area contributed by atoms with Gasteiger partial charge in [0.2, 0.25) is 5.91 Å². The topological polar surface area (TPSA) is 41.1 Å². The summed E-state index contributed by atoms with van der Waals surface area (Å²) in [5.41, 5.74) is 3.05. The minimum atomic E-state index is 0.195. The number of hydrogen-bond acceptors (Lipinski definition) is 2. The van der Waals surface area contributed by atoms with E-state index in [1.54, 1.807) is 0 Å². The molecule has 2 atom stereocenters. The van der Waals surface area contributed by atoms with E-state index in [-0.39, 0.29) is 5.91 Å². The summed E-state index contributed by atoms with van der Waals surface area (Å²) in [6, 6.07) is 9.29. The van der Waals surface area contributed by atoms with Crippen molar-refractivity contribution in [2.24, 2.45) is 0 Å². The van der Waals surface area contributed by atoms with Gasteiger partial charge in [0.1, 0.15) is 0 Å². The van der Waals surface area contributed by atoms with Gasteiger partial charge in [0, 0.05) is 25.6 Å². The lowest BCUT2D eigenvalue weighted by molar-refractivity contribution is -0.122. The molecule has 0 aromatic heterocycles. The minimum Gasteiger partial charge on any atom is -0.355 e. The van der Waals surface area contributed by atoms with Crippen molar-refractivity contribution < 1.29 is 4.79 Å². The van der Waals surface area contributed by atoms with Gasteiger partial charge in [-0.3, -0.25) is 4.79 Å². The van der Waals surface area contributed by atoms with E-state index < -0.39 is 0 Å². The molecule has 3 rings (SSSR count). The molecular weight excluding hydrogens is 236 g/mol. The fourth-order valence-electron chi connectivity index (χ4n) is 3.28. The lowest BCUT2D eigenvalue weighted by atomic mass is 9.82. The lowest BCUT2D eigenvalue weighted by Gasteiger charge is -2.29. The zero-order valence-corrected chi connectivity index (χ0v) is 11.3. The first-order valence-electron chi connectivity index (χ1n) is 7.41. The van der Waals surface area contributed by atoms with Crippen molar-refractivity contribution >= 4 is 5.91 Å². The predicted octanol–water partition coefficient (Wildman–Crippen LogP) is 1.97. The van der Waals surface area contributed by atoms with E-state index >= 15 is 0 Å². The summed E-state index contributed by atoms with van der Waals surface area (Å²) in [6.45, 7) is 1.82. The number of aryl methyl sites for hydroxylation is 1. The number of piperidine rings is 1. The molecule has 1 amide bonds. The maximum absolute atomic E-state index is 11.1. The summed E-state index contributed by atoms with van der Waals surface area (Å²) in [4.78, 5) is 11.1. The SMILES string of the molecule is O=C1CCC(NCC2CCCc3ccccc32)CN1. The molecule has 1 aliphatic carbocycles. The van der Waals surface area contributed by atoms with E-state index in [9.17, 15) is 4.79 Å². The fraction of sp³-hybridized carbons (Fsp3) is 0.562. The van der Waals surface area contributed by atoms with Crippen molar-refractivity contribution in [2.45, 2.75) is 44.1 Å². The van der Waals surface area contributed by atoms with Crippen LogP contribution in [0.5, 0.6) is 0 Å². The average molecular weight is 258 g/mol. The van der Waals surface area contributed by atoms with Gasteiger partial charge in [0.05, 0.1) is 0 Å². The van der Waals surface area contributed by atoms with E-state index in [1.807, 2.05) is 0 Å². The minimum absolute atomic E-state index is 0.195. The smallest absolute Gasteiger partial charge is 0.220 e. The third-order valence-corrected chi connectivity index (χ3v) is 4.41. The molecule has 19 heavy (non-hydrogen) atoms. The van der Waals surface area contributed by atoms with Crippen LogP contribution in [0, 0.1) is 0 Å². The second-order valence-electron chi connectivity index (χ2n) is 5.74. The van der Waals surface area contributed by atoms with Gasteiger partial charge in [0.15, 0.2) is 0 Å². The largest absolute Gasteiger partial charge is 0.355 e. The van der Waals surface area contributed by atoms with Crippen LogP contribution in [-0.2, 0) is 11.2 Å². The van der Waals surface area contributed by atoms with Crippen molar-refractivity contribution in [3.63, 3.8) is 0 Å². The zero-order chi connectivity index (χ0) is 13.1. The van der Waals surface area contributed by atoms with Gasteiger partial charge in [-0.05, 0) is 42.7 Å². The number of fused-ring (bicyclic) bond motifs is 1. The maximum atomic E-state index is 11.1. The van der Waals surface area contributed by atoms with Gasteiger partial charge < -0.3 is 10.6 Å². The first-order chi connectivity index (χ1) is 9.33. The molecule has 3 nitrogen and oxygen atoms in total. The van der Waals surface area contributed by atoms with Crippen LogP contribution in [0.1, 0.15) is 42.7 Å². The van der Waals surface area contributed by atoms with Gasteiger partial charge in [-0.15, -0.1) is 0 Å². The highest BCUT2D eigenvalue weighted by Gasteiger charge is 2.22. The highest BCUT2D eigenvalue weighted by molar-refractivity contribution is 5.76. The molecule has 1 saturated heterocycles. The molecule has 1 heterocycles. The Balaban J connectivity index is 1.58. The summed E-state index contributed by atoms with van der Waals surface area (Å²) in [7, 11) is 0. The molecule has 1 fully saturated rings. The summed E-state index contributed by atoms with van der Waals surface area (Å²) in [5.74, 6) is 0.837. The molecule has 102 valence electrons. The number of nitrogens with one attached hydrogen (secondary N) is 2. The van der Waals surface area contributed by atoms with E-state index in [0.717, 1.165) is 19.5 Å². The normalized spacial score (nSPS) is 26.6. The van der Waals surface area contributed by atoms with Gasteiger partial charge in [-0.1, -0.05) is 24.3 Å². The summed E-state index contributed by atoms with van der Waals surface area (Å²) in [5, 5.41) is 6.58. The van der Waals surface area contributed by atoms with Crippen LogP contribution in [0.2, 0.25) is 0 Å². The number of amides is 1. The van der Waals surface area contributed by atoms with E-state index in [4.69, 9.17) is 0 Å². The van der Waals surface area contributed by atoms with Crippen molar-refractivity contribution in [3.05, 3.63) is 35.4 Å². The van der Waals surface area contributed by atoms with E-state index in [1.165, 1.54) is 30.4 Å². The maximum Gasteiger partial charge on any atom is 0.220 e. The molecule has 0 radical (unpaired) electrons. The first kappa shape index (κ1) is 12.7. The third-order valence-electron chi connectivity index (χ3n) is 4.41. The average Bonchev–Trinajstić information content (AvgIpc) is 2.47. The highest BCUT2D eigenvalue weighted by atomic mass is 16.1. The quantitative estimate of drug-likeness (QED) is 0.870. The molecule has 1 aliphatic heterocycles. The Morgan fingerprint density at radius 2 is 2.11 bits per heavy atom. The van der Waals surface area contributed by atoms with Crippen LogP contribution in [0.15, 0.2) is 24.3 Å². The number of carbonyl (C=O) groups excluding carboxylic acids is 1. The van der Waals surface area contributed by atoms with Gasteiger partial charge in [-0.2, -0.15) is 0 Å². The van der Waals surface area contributed by atoms with E-state index in [2.05, 4.69) is 34.9 Å². The Hall–Kier alpha value is -1.35. The zero-order valence-electron chi connectivity index (χ0n) is 11.3. The Morgan fingerprint density at radius 3 is 2.95 bits per heavy atom. The second kappa shape index (κ2) is 5.74.